The van der Waals surface area contributed by atoms with Crippen LogP contribution in [0.5, 0.6) is 5.75 Å². The third kappa shape index (κ3) is 5.71. The number of amides is 1. The highest BCUT2D eigenvalue weighted by Crippen LogP contribution is 2.18. The Labute approximate surface area is 129 Å². The molecular formula is C16H22FNO4. The number of carbonyl (C=O) groups is 2. The maximum Gasteiger partial charge on any atom is 0.305 e. The second-order valence-corrected chi connectivity index (χ2v) is 5.51. The number of carbonyl (C=O) groups excluding carboxylic acids is 1. The molecule has 1 aromatic rings. The van der Waals surface area contributed by atoms with Gasteiger partial charge in [-0.2, -0.15) is 0 Å². The van der Waals surface area contributed by atoms with Gasteiger partial charge in [0.2, 0.25) is 0 Å². The Bertz CT molecular complexity index is 519. The number of ether oxygens (including phenoxy) is 1. The van der Waals surface area contributed by atoms with Crippen LogP contribution < -0.4 is 4.74 Å². The van der Waals surface area contributed by atoms with E-state index in [1.165, 1.54) is 30.0 Å². The summed E-state index contributed by atoms with van der Waals surface area (Å²) in [5.41, 5.74) is 0. The number of carboxylic acids is 1. The molecular weight excluding hydrogens is 289 g/mol. The zero-order valence-corrected chi connectivity index (χ0v) is 13.1. The largest absolute Gasteiger partial charge is 0.481 e. The molecule has 0 spiro atoms. The van der Waals surface area contributed by atoms with Crippen molar-refractivity contribution in [1.29, 1.82) is 0 Å². The number of carboxylic acid groups (broad SMARTS) is 1. The summed E-state index contributed by atoms with van der Waals surface area (Å²) in [6, 6.07) is 5.85. The van der Waals surface area contributed by atoms with Crippen LogP contribution in [0.2, 0.25) is 0 Å². The van der Waals surface area contributed by atoms with Crippen LogP contribution in [0, 0.1) is 11.7 Å². The number of hydrogen-bond donors (Lipinski definition) is 1. The smallest absolute Gasteiger partial charge is 0.305 e. The first-order valence-electron chi connectivity index (χ1n) is 7.23. The Morgan fingerprint density at radius 1 is 1.27 bits per heavy atom. The van der Waals surface area contributed by atoms with Crippen LogP contribution in [0.3, 0.4) is 0 Å². The van der Waals surface area contributed by atoms with Crippen molar-refractivity contribution < 1.29 is 23.8 Å². The Kier molecular flexibility index (Phi) is 6.82. The second kappa shape index (κ2) is 8.36. The fourth-order valence-corrected chi connectivity index (χ4v) is 2.00. The van der Waals surface area contributed by atoms with E-state index in [4.69, 9.17) is 9.84 Å². The third-order valence-corrected chi connectivity index (χ3v) is 2.98. The standard InChI is InChI=1S/C16H22FNO4/c1-11(2)10-18(9-8-15(19)20)16(21)12(3)22-14-7-5-4-6-13(14)17/h4-7,11-12H,8-10H2,1-3H3,(H,19,20). The Morgan fingerprint density at radius 3 is 2.45 bits per heavy atom. The molecule has 0 fully saturated rings. The average molecular weight is 311 g/mol. The van der Waals surface area contributed by atoms with Crippen molar-refractivity contribution in [3.8, 4) is 5.75 Å². The van der Waals surface area contributed by atoms with Crippen LogP contribution in [0.1, 0.15) is 27.2 Å². The lowest BCUT2D eigenvalue weighted by molar-refractivity contribution is -0.141. The van der Waals surface area contributed by atoms with E-state index in [0.29, 0.717) is 6.54 Å². The molecule has 1 aromatic carbocycles. The quantitative estimate of drug-likeness (QED) is 0.801. The molecule has 22 heavy (non-hydrogen) atoms. The van der Waals surface area contributed by atoms with Crippen molar-refractivity contribution in [2.24, 2.45) is 5.92 Å². The minimum Gasteiger partial charge on any atom is -0.481 e. The molecule has 0 saturated heterocycles. The highest BCUT2D eigenvalue weighted by molar-refractivity contribution is 5.81. The lowest BCUT2D eigenvalue weighted by Crippen LogP contribution is -2.43. The molecule has 0 aliphatic heterocycles. The number of aliphatic carboxylic acids is 1. The molecule has 1 rings (SSSR count). The lowest BCUT2D eigenvalue weighted by atomic mass is 10.2. The SMILES string of the molecule is CC(C)CN(CCC(=O)O)C(=O)C(C)Oc1ccccc1F. The average Bonchev–Trinajstić information content (AvgIpc) is 2.44. The van der Waals surface area contributed by atoms with Crippen molar-refractivity contribution in [3.63, 3.8) is 0 Å². The van der Waals surface area contributed by atoms with Crippen molar-refractivity contribution in [1.82, 2.24) is 4.90 Å². The summed E-state index contributed by atoms with van der Waals surface area (Å²) >= 11 is 0. The normalized spacial score (nSPS) is 12.0. The zero-order valence-electron chi connectivity index (χ0n) is 13.1. The van der Waals surface area contributed by atoms with Gasteiger partial charge >= 0.3 is 5.97 Å². The van der Waals surface area contributed by atoms with Gasteiger partial charge in [-0.15, -0.1) is 0 Å². The maximum atomic E-state index is 13.6. The number of nitrogens with zero attached hydrogens (tertiary/aromatic N) is 1. The van der Waals surface area contributed by atoms with Crippen molar-refractivity contribution in [2.45, 2.75) is 33.3 Å². The van der Waals surface area contributed by atoms with E-state index >= 15 is 0 Å². The van der Waals surface area contributed by atoms with Gasteiger partial charge in [0.05, 0.1) is 6.42 Å². The van der Waals surface area contributed by atoms with Crippen molar-refractivity contribution in [2.75, 3.05) is 13.1 Å². The summed E-state index contributed by atoms with van der Waals surface area (Å²) in [4.78, 5) is 24.5. The first-order valence-corrected chi connectivity index (χ1v) is 7.23. The fourth-order valence-electron chi connectivity index (χ4n) is 2.00. The minimum atomic E-state index is -0.968. The molecule has 0 heterocycles. The summed E-state index contributed by atoms with van der Waals surface area (Å²) in [6.45, 7) is 5.93. The summed E-state index contributed by atoms with van der Waals surface area (Å²) in [5.74, 6) is -1.66. The molecule has 0 saturated carbocycles. The predicted octanol–water partition coefficient (Wildman–Crippen LogP) is 2.55. The van der Waals surface area contributed by atoms with Gasteiger partial charge in [-0.1, -0.05) is 26.0 Å². The first kappa shape index (κ1) is 17.9. The van der Waals surface area contributed by atoms with E-state index < -0.39 is 17.9 Å². The summed E-state index contributed by atoms with van der Waals surface area (Å²) in [7, 11) is 0. The molecule has 0 bridgehead atoms. The Balaban J connectivity index is 2.74. The lowest BCUT2D eigenvalue weighted by Gasteiger charge is -2.27. The molecule has 0 radical (unpaired) electrons. The van der Waals surface area contributed by atoms with Crippen molar-refractivity contribution in [3.05, 3.63) is 30.1 Å². The van der Waals surface area contributed by atoms with Gasteiger partial charge in [0, 0.05) is 13.1 Å². The molecule has 0 aromatic heterocycles. The van der Waals surface area contributed by atoms with Gasteiger partial charge in [-0.25, -0.2) is 4.39 Å². The predicted molar refractivity (Wildman–Crippen MR) is 80.2 cm³/mol. The summed E-state index contributed by atoms with van der Waals surface area (Å²) in [6.07, 6.45) is -1.02. The first-order chi connectivity index (χ1) is 10.3. The summed E-state index contributed by atoms with van der Waals surface area (Å²) in [5, 5.41) is 8.77. The van der Waals surface area contributed by atoms with E-state index in [1.54, 1.807) is 6.07 Å². The number of hydrogen-bond acceptors (Lipinski definition) is 3. The van der Waals surface area contributed by atoms with E-state index in [1.807, 2.05) is 13.8 Å². The number of para-hydroxylation sites is 1. The molecule has 122 valence electrons. The van der Waals surface area contributed by atoms with Crippen LogP contribution in [-0.2, 0) is 9.59 Å². The Morgan fingerprint density at radius 2 is 1.91 bits per heavy atom. The third-order valence-electron chi connectivity index (χ3n) is 2.98. The molecule has 6 heteroatoms. The van der Waals surface area contributed by atoms with Gasteiger partial charge in [0.1, 0.15) is 0 Å². The van der Waals surface area contributed by atoms with Gasteiger partial charge in [0.15, 0.2) is 17.7 Å². The Hall–Kier alpha value is -2.11. The topological polar surface area (TPSA) is 66.8 Å². The molecule has 1 amide bonds. The molecule has 5 nitrogen and oxygen atoms in total. The molecule has 1 N–H and O–H groups in total. The number of rotatable bonds is 8. The van der Waals surface area contributed by atoms with Crippen LogP contribution in [0.4, 0.5) is 4.39 Å². The van der Waals surface area contributed by atoms with Crippen LogP contribution >= 0.6 is 0 Å². The second-order valence-electron chi connectivity index (χ2n) is 5.51. The highest BCUT2D eigenvalue weighted by Gasteiger charge is 2.24. The number of halogens is 1. The molecule has 1 atom stereocenters. The van der Waals surface area contributed by atoms with Crippen LogP contribution in [0.25, 0.3) is 0 Å². The minimum absolute atomic E-state index is 0.00563. The number of benzene rings is 1. The monoisotopic (exact) mass is 311 g/mol. The van der Waals surface area contributed by atoms with E-state index in [9.17, 15) is 14.0 Å². The molecule has 0 aliphatic rings. The zero-order chi connectivity index (χ0) is 16.7. The van der Waals surface area contributed by atoms with Crippen molar-refractivity contribution >= 4 is 11.9 Å². The molecule has 0 aliphatic carbocycles. The summed E-state index contributed by atoms with van der Waals surface area (Å²) < 4.78 is 18.9. The van der Waals surface area contributed by atoms with Crippen LogP contribution in [-0.4, -0.2) is 41.1 Å². The van der Waals surface area contributed by atoms with Gasteiger partial charge in [-0.05, 0) is 25.0 Å². The fraction of sp³-hybridized carbons (Fsp3) is 0.500. The van der Waals surface area contributed by atoms with Gasteiger partial charge in [0.25, 0.3) is 5.91 Å². The maximum absolute atomic E-state index is 13.6. The van der Waals surface area contributed by atoms with E-state index in [-0.39, 0.29) is 30.5 Å². The molecule has 1 unspecified atom stereocenters. The van der Waals surface area contributed by atoms with E-state index in [2.05, 4.69) is 0 Å². The van der Waals surface area contributed by atoms with E-state index in [0.717, 1.165) is 0 Å². The van der Waals surface area contributed by atoms with Gasteiger partial charge < -0.3 is 14.7 Å². The highest BCUT2D eigenvalue weighted by atomic mass is 19.1. The van der Waals surface area contributed by atoms with Gasteiger partial charge in [-0.3, -0.25) is 9.59 Å². The van der Waals surface area contributed by atoms with Crippen LogP contribution in [0.15, 0.2) is 24.3 Å².